The molecule has 0 unspecified atom stereocenters. The van der Waals surface area contributed by atoms with Crippen LogP contribution in [-0.4, -0.2) is 13.7 Å². The van der Waals surface area contributed by atoms with Crippen molar-refractivity contribution < 1.29 is 0 Å². The SMILES string of the molecule is Cn1c2ccccc2c2cc(-n3c4ccccc4c4cc(C5(c6ccc7c(c6)c6ccccc6n7-c6ccccc6)CCCCC5)ccc43)ccc21. The molecular weight excluding hydrogens is 631 g/mol. The lowest BCUT2D eigenvalue weighted by atomic mass is 9.65. The maximum Gasteiger partial charge on any atom is 0.0541 e. The second-order valence-corrected chi connectivity index (χ2v) is 14.9. The number of rotatable bonds is 4. The fourth-order valence-electron chi connectivity index (χ4n) is 9.87. The van der Waals surface area contributed by atoms with E-state index in [4.69, 9.17) is 0 Å². The lowest BCUT2D eigenvalue weighted by Gasteiger charge is -2.39. The molecule has 10 aromatic rings. The second-order valence-electron chi connectivity index (χ2n) is 14.9. The summed E-state index contributed by atoms with van der Waals surface area (Å²) < 4.78 is 7.22. The summed E-state index contributed by atoms with van der Waals surface area (Å²) in [5, 5.41) is 7.89. The molecule has 1 fully saturated rings. The quantitative estimate of drug-likeness (QED) is 0.177. The van der Waals surface area contributed by atoms with Gasteiger partial charge in [-0.25, -0.2) is 0 Å². The minimum absolute atomic E-state index is 0.0400. The van der Waals surface area contributed by atoms with E-state index >= 15 is 0 Å². The number of para-hydroxylation sites is 4. The van der Waals surface area contributed by atoms with Crippen molar-refractivity contribution in [2.45, 2.75) is 37.5 Å². The first kappa shape index (κ1) is 29.6. The van der Waals surface area contributed by atoms with E-state index in [0.717, 1.165) is 12.8 Å². The summed E-state index contributed by atoms with van der Waals surface area (Å²) >= 11 is 0. The normalized spacial score (nSPS) is 14.8. The molecule has 250 valence electrons. The zero-order valence-corrected chi connectivity index (χ0v) is 29.4. The van der Waals surface area contributed by atoms with Crippen LogP contribution >= 0.6 is 0 Å². The highest BCUT2D eigenvalue weighted by Crippen LogP contribution is 2.48. The number of benzene rings is 7. The van der Waals surface area contributed by atoms with Gasteiger partial charge in [-0.1, -0.05) is 104 Å². The van der Waals surface area contributed by atoms with Gasteiger partial charge in [0.2, 0.25) is 0 Å². The summed E-state index contributed by atoms with van der Waals surface area (Å²) in [6.07, 6.45) is 6.12. The fourth-order valence-corrected chi connectivity index (χ4v) is 9.87. The zero-order valence-electron chi connectivity index (χ0n) is 29.4. The van der Waals surface area contributed by atoms with Crippen molar-refractivity contribution in [3.63, 3.8) is 0 Å². The predicted molar refractivity (Wildman–Crippen MR) is 219 cm³/mol. The Labute approximate surface area is 302 Å². The molecule has 0 bridgehead atoms. The van der Waals surface area contributed by atoms with E-state index in [0.29, 0.717) is 0 Å². The average Bonchev–Trinajstić information content (AvgIpc) is 3.83. The van der Waals surface area contributed by atoms with Crippen LogP contribution in [0.25, 0.3) is 76.8 Å². The lowest BCUT2D eigenvalue weighted by Crippen LogP contribution is -2.30. The standard InChI is InChI=1S/C49H39N3/c1-50-43-19-9-6-16-37(43)42-32-36(24-27-44(42)50)52-46-21-11-8-18-39(46)41-31-34(23-26-48(41)52)49(28-12-3-13-29-49)33-22-25-47-40(30-33)38-17-7-10-20-45(38)51(47)35-14-4-2-5-15-35/h2,4-11,14-27,30-32H,3,12-13,28-29H2,1H3. The molecule has 0 radical (unpaired) electrons. The molecule has 11 rings (SSSR count). The molecule has 3 heteroatoms. The van der Waals surface area contributed by atoms with Crippen molar-refractivity contribution in [2.75, 3.05) is 0 Å². The highest BCUT2D eigenvalue weighted by molar-refractivity contribution is 6.12. The predicted octanol–water partition coefficient (Wildman–Crippen LogP) is 12.8. The molecule has 1 saturated carbocycles. The van der Waals surface area contributed by atoms with Gasteiger partial charge in [-0.3, -0.25) is 0 Å². The molecule has 7 aromatic carbocycles. The Bertz CT molecular complexity index is 3000. The van der Waals surface area contributed by atoms with Crippen LogP contribution in [0.4, 0.5) is 0 Å². The molecule has 0 N–H and O–H groups in total. The van der Waals surface area contributed by atoms with Gasteiger partial charge in [0.1, 0.15) is 0 Å². The lowest BCUT2D eigenvalue weighted by molar-refractivity contribution is 0.346. The number of aromatic nitrogens is 3. The van der Waals surface area contributed by atoms with Gasteiger partial charge in [-0.2, -0.15) is 0 Å². The Balaban J connectivity index is 1.12. The van der Waals surface area contributed by atoms with Crippen molar-refractivity contribution in [2.24, 2.45) is 7.05 Å². The van der Waals surface area contributed by atoms with E-state index in [2.05, 4.69) is 178 Å². The largest absolute Gasteiger partial charge is 0.344 e. The maximum atomic E-state index is 2.55. The van der Waals surface area contributed by atoms with Crippen LogP contribution in [0.2, 0.25) is 0 Å². The Morgan fingerprint density at radius 1 is 0.365 bits per heavy atom. The van der Waals surface area contributed by atoms with Crippen molar-refractivity contribution in [3.8, 4) is 11.4 Å². The third-order valence-corrected chi connectivity index (χ3v) is 12.3. The van der Waals surface area contributed by atoms with Crippen LogP contribution in [0.3, 0.4) is 0 Å². The van der Waals surface area contributed by atoms with E-state index in [9.17, 15) is 0 Å². The van der Waals surface area contributed by atoms with Crippen LogP contribution in [-0.2, 0) is 12.5 Å². The number of nitrogens with zero attached hydrogens (tertiary/aromatic N) is 3. The summed E-state index contributed by atoms with van der Waals surface area (Å²) in [6, 6.07) is 59.2. The van der Waals surface area contributed by atoms with E-state index in [1.165, 1.54) is 107 Å². The molecule has 0 atom stereocenters. The number of hydrogen-bond donors (Lipinski definition) is 0. The molecule has 3 nitrogen and oxygen atoms in total. The van der Waals surface area contributed by atoms with E-state index in [1.54, 1.807) is 0 Å². The molecule has 52 heavy (non-hydrogen) atoms. The van der Waals surface area contributed by atoms with Crippen LogP contribution in [0.5, 0.6) is 0 Å². The number of aryl methyl sites for hydroxylation is 1. The van der Waals surface area contributed by atoms with Crippen LogP contribution in [0.15, 0.2) is 158 Å². The molecule has 0 spiro atoms. The van der Waals surface area contributed by atoms with Crippen molar-refractivity contribution in [3.05, 3.63) is 169 Å². The highest BCUT2D eigenvalue weighted by atomic mass is 15.0. The van der Waals surface area contributed by atoms with Gasteiger partial charge in [0.25, 0.3) is 0 Å². The maximum absolute atomic E-state index is 2.55. The Morgan fingerprint density at radius 2 is 0.808 bits per heavy atom. The Kier molecular flexibility index (Phi) is 6.40. The summed E-state index contributed by atoms with van der Waals surface area (Å²) in [6.45, 7) is 0. The third-order valence-electron chi connectivity index (χ3n) is 12.3. The van der Waals surface area contributed by atoms with Gasteiger partial charge in [-0.05, 0) is 96.8 Å². The van der Waals surface area contributed by atoms with Crippen molar-refractivity contribution in [1.82, 2.24) is 13.7 Å². The van der Waals surface area contributed by atoms with Crippen LogP contribution < -0.4 is 0 Å². The summed E-state index contributed by atoms with van der Waals surface area (Å²) in [5.41, 5.74) is 12.8. The van der Waals surface area contributed by atoms with Crippen LogP contribution in [0.1, 0.15) is 43.2 Å². The van der Waals surface area contributed by atoms with Gasteiger partial charge in [0, 0.05) is 67.2 Å². The number of hydrogen-bond acceptors (Lipinski definition) is 0. The molecule has 3 aromatic heterocycles. The van der Waals surface area contributed by atoms with Crippen molar-refractivity contribution in [1.29, 1.82) is 0 Å². The van der Waals surface area contributed by atoms with E-state index in [-0.39, 0.29) is 5.41 Å². The summed E-state index contributed by atoms with van der Waals surface area (Å²) in [5.74, 6) is 0. The van der Waals surface area contributed by atoms with Crippen LogP contribution in [0, 0.1) is 0 Å². The van der Waals surface area contributed by atoms with Gasteiger partial charge in [0.15, 0.2) is 0 Å². The average molecular weight is 670 g/mol. The fraction of sp³-hybridized carbons (Fsp3) is 0.143. The molecule has 0 aliphatic heterocycles. The molecule has 3 heterocycles. The van der Waals surface area contributed by atoms with Gasteiger partial charge >= 0.3 is 0 Å². The van der Waals surface area contributed by atoms with Gasteiger partial charge < -0.3 is 13.7 Å². The third kappa shape index (κ3) is 4.14. The minimum atomic E-state index is -0.0400. The molecule has 1 aliphatic carbocycles. The topological polar surface area (TPSA) is 14.8 Å². The summed E-state index contributed by atoms with van der Waals surface area (Å²) in [4.78, 5) is 0. The first-order valence-electron chi connectivity index (χ1n) is 18.8. The van der Waals surface area contributed by atoms with Crippen molar-refractivity contribution >= 4 is 65.4 Å². The first-order chi connectivity index (χ1) is 25.7. The highest BCUT2D eigenvalue weighted by Gasteiger charge is 2.36. The summed E-state index contributed by atoms with van der Waals surface area (Å²) in [7, 11) is 2.17. The molecular formula is C49H39N3. The Morgan fingerprint density at radius 3 is 1.42 bits per heavy atom. The smallest absolute Gasteiger partial charge is 0.0541 e. The molecule has 1 aliphatic rings. The first-order valence-corrected chi connectivity index (χ1v) is 18.8. The number of fused-ring (bicyclic) bond motifs is 9. The molecule has 0 saturated heterocycles. The van der Waals surface area contributed by atoms with E-state index < -0.39 is 0 Å². The second kappa shape index (κ2) is 11.2. The Hall–Kier alpha value is -6.06. The van der Waals surface area contributed by atoms with E-state index in [1.807, 2.05) is 0 Å². The van der Waals surface area contributed by atoms with Gasteiger partial charge in [0.05, 0.1) is 22.1 Å². The molecule has 0 amide bonds. The monoisotopic (exact) mass is 669 g/mol. The minimum Gasteiger partial charge on any atom is -0.344 e. The van der Waals surface area contributed by atoms with Gasteiger partial charge in [-0.15, -0.1) is 0 Å². The zero-order chi connectivity index (χ0) is 34.4.